The van der Waals surface area contributed by atoms with Crippen LogP contribution in [0.4, 0.5) is 21.0 Å². The highest BCUT2D eigenvalue weighted by Crippen LogP contribution is 2.36. The molecule has 0 spiro atoms. The van der Waals surface area contributed by atoms with Crippen LogP contribution in [-0.4, -0.2) is 55.1 Å². The predicted molar refractivity (Wildman–Crippen MR) is 95.1 cm³/mol. The van der Waals surface area contributed by atoms with Crippen molar-refractivity contribution in [1.29, 1.82) is 0 Å². The highest BCUT2D eigenvalue weighted by Gasteiger charge is 2.50. The molecule has 2 fully saturated rings. The van der Waals surface area contributed by atoms with Gasteiger partial charge in [-0.05, 0) is 35.7 Å². The number of nitrogens with zero attached hydrogens (tertiary/aromatic N) is 2. The summed E-state index contributed by atoms with van der Waals surface area (Å²) in [5.41, 5.74) is 0.101. The van der Waals surface area contributed by atoms with Crippen LogP contribution >= 0.6 is 23.5 Å². The van der Waals surface area contributed by atoms with Gasteiger partial charge in [0.2, 0.25) is 17.7 Å². The van der Waals surface area contributed by atoms with E-state index in [2.05, 4.69) is 5.32 Å². The van der Waals surface area contributed by atoms with Crippen molar-refractivity contribution in [3.05, 3.63) is 34.4 Å². The van der Waals surface area contributed by atoms with E-state index >= 15 is 0 Å². The molecule has 0 saturated carbocycles. The van der Waals surface area contributed by atoms with Crippen LogP contribution in [0.3, 0.4) is 0 Å². The topological polar surface area (TPSA) is 156 Å². The minimum Gasteiger partial charge on any atom is -0.325 e. The number of imide groups is 2. The molecule has 1 aromatic rings. The molecular weight excluding hydrogens is 400 g/mol. The molecule has 2 saturated heterocycles. The van der Waals surface area contributed by atoms with Gasteiger partial charge in [-0.15, -0.1) is 0 Å². The smallest absolute Gasteiger partial charge is 0.289 e. The summed E-state index contributed by atoms with van der Waals surface area (Å²) in [6.07, 6.45) is 0. The first-order chi connectivity index (χ1) is 12.8. The molecule has 2 unspecified atom stereocenters. The molecule has 5 amide bonds. The van der Waals surface area contributed by atoms with Gasteiger partial charge < -0.3 is 5.32 Å². The average Bonchev–Trinajstić information content (AvgIpc) is 3.08. The lowest BCUT2D eigenvalue weighted by Gasteiger charge is -2.14. The summed E-state index contributed by atoms with van der Waals surface area (Å²) in [4.78, 5) is 70.2. The van der Waals surface area contributed by atoms with E-state index in [0.717, 1.165) is 0 Å². The first-order valence-corrected chi connectivity index (χ1v) is 9.10. The van der Waals surface area contributed by atoms with Crippen molar-refractivity contribution in [3.63, 3.8) is 0 Å². The van der Waals surface area contributed by atoms with Gasteiger partial charge in [0.25, 0.3) is 16.2 Å². The zero-order valence-corrected chi connectivity index (χ0v) is 14.9. The minimum absolute atomic E-state index is 0.154. The third-order valence-corrected chi connectivity index (χ3v) is 5.99. The number of hydrogen-bond donors (Lipinski definition) is 2. The molecule has 0 aliphatic carbocycles. The van der Waals surface area contributed by atoms with Crippen LogP contribution in [0.2, 0.25) is 0 Å². The number of non-ortho nitro benzene ring substituents is 1. The number of carbonyl (C=O) groups excluding carboxylic acids is 5. The van der Waals surface area contributed by atoms with Crippen molar-refractivity contribution in [3.8, 4) is 0 Å². The Balaban J connectivity index is 1.63. The molecule has 2 atom stereocenters. The van der Waals surface area contributed by atoms with E-state index in [4.69, 9.17) is 0 Å². The molecule has 0 aromatic heterocycles. The number of nitrogens with one attached hydrogen (secondary N) is 2. The van der Waals surface area contributed by atoms with Crippen LogP contribution in [0.1, 0.15) is 0 Å². The molecule has 2 aliphatic rings. The Bertz CT molecular complexity index is 873. The Labute approximate surface area is 159 Å². The predicted octanol–water partition coefficient (Wildman–Crippen LogP) is 0.949. The molecule has 0 bridgehead atoms. The van der Waals surface area contributed by atoms with Crippen molar-refractivity contribution in [2.45, 2.75) is 10.5 Å². The van der Waals surface area contributed by atoms with Gasteiger partial charge in [-0.25, -0.2) is 0 Å². The van der Waals surface area contributed by atoms with Gasteiger partial charge in [0.1, 0.15) is 17.0 Å². The summed E-state index contributed by atoms with van der Waals surface area (Å²) < 4.78 is 0. The number of rotatable bonds is 5. The van der Waals surface area contributed by atoms with Crippen LogP contribution in [-0.2, 0) is 14.4 Å². The van der Waals surface area contributed by atoms with Crippen molar-refractivity contribution in [1.82, 2.24) is 10.2 Å². The fourth-order valence-electron chi connectivity index (χ4n) is 2.38. The lowest BCUT2D eigenvalue weighted by Crippen LogP contribution is -2.42. The molecule has 2 N–H and O–H groups in total. The van der Waals surface area contributed by atoms with Crippen molar-refractivity contribution in [2.24, 2.45) is 0 Å². The van der Waals surface area contributed by atoms with Gasteiger partial charge in [0.15, 0.2) is 0 Å². The molecule has 2 heterocycles. The fraction of sp³-hybridized carbons (Fsp3) is 0.214. The number of benzene rings is 1. The molecule has 1 aromatic carbocycles. The average molecular weight is 410 g/mol. The first kappa shape index (κ1) is 18.8. The van der Waals surface area contributed by atoms with Crippen LogP contribution in [0.15, 0.2) is 24.3 Å². The standard InChI is InChI=1S/C14H10N4O7S2/c19-8(15-6-1-3-7(4-2-6)18(24)25)5-17-12(21)10(27-14(17)23)9-11(20)16-13(22)26-9/h1-4,9-10H,5H2,(H,15,19)(H,16,20,22). The molecule has 0 radical (unpaired) electrons. The van der Waals surface area contributed by atoms with Gasteiger partial charge in [0, 0.05) is 17.8 Å². The highest BCUT2D eigenvalue weighted by molar-refractivity contribution is 8.19. The second-order valence-electron chi connectivity index (χ2n) is 5.40. The Kier molecular flexibility index (Phi) is 5.14. The van der Waals surface area contributed by atoms with E-state index in [1.54, 1.807) is 0 Å². The summed E-state index contributed by atoms with van der Waals surface area (Å²) in [6.45, 7) is -0.578. The molecular formula is C14H10N4O7S2. The number of nitro benzene ring substituents is 1. The lowest BCUT2D eigenvalue weighted by molar-refractivity contribution is -0.384. The summed E-state index contributed by atoms with van der Waals surface area (Å²) >= 11 is 1.22. The lowest BCUT2D eigenvalue weighted by atomic mass is 10.2. The van der Waals surface area contributed by atoms with Gasteiger partial charge in [-0.1, -0.05) is 0 Å². The Morgan fingerprint density at radius 2 is 1.81 bits per heavy atom. The monoisotopic (exact) mass is 410 g/mol. The fourth-order valence-corrected chi connectivity index (χ4v) is 4.48. The molecule has 140 valence electrons. The van der Waals surface area contributed by atoms with E-state index in [-0.39, 0.29) is 11.4 Å². The van der Waals surface area contributed by atoms with E-state index in [1.165, 1.54) is 24.3 Å². The van der Waals surface area contributed by atoms with Crippen molar-refractivity contribution >= 4 is 63.1 Å². The Morgan fingerprint density at radius 1 is 1.15 bits per heavy atom. The largest absolute Gasteiger partial charge is 0.325 e. The van der Waals surface area contributed by atoms with Gasteiger partial charge in [0.05, 0.1) is 4.92 Å². The number of nitro groups is 1. The summed E-state index contributed by atoms with van der Waals surface area (Å²) in [7, 11) is 0. The number of hydrogen-bond acceptors (Lipinski definition) is 9. The molecule has 2 aliphatic heterocycles. The summed E-state index contributed by atoms with van der Waals surface area (Å²) in [5.74, 6) is -2.07. The Hall–Kier alpha value is -2.93. The van der Waals surface area contributed by atoms with E-state index in [1.807, 2.05) is 5.32 Å². The SMILES string of the molecule is O=C(CN1C(=O)SC(C2SC(=O)NC2=O)C1=O)Nc1ccc([N+](=O)[O-])cc1. The Morgan fingerprint density at radius 3 is 2.37 bits per heavy atom. The van der Waals surface area contributed by atoms with Crippen molar-refractivity contribution in [2.75, 3.05) is 11.9 Å². The molecule has 27 heavy (non-hydrogen) atoms. The third-order valence-electron chi connectivity index (χ3n) is 3.61. The van der Waals surface area contributed by atoms with Crippen molar-refractivity contribution < 1.29 is 28.9 Å². The second-order valence-corrected chi connectivity index (χ2v) is 7.60. The maximum absolute atomic E-state index is 12.4. The third kappa shape index (κ3) is 3.93. The maximum Gasteiger partial charge on any atom is 0.289 e. The zero-order chi connectivity index (χ0) is 19.7. The molecule has 3 rings (SSSR count). The normalized spacial score (nSPS) is 22.1. The highest BCUT2D eigenvalue weighted by atomic mass is 32.2. The van der Waals surface area contributed by atoms with Crippen LogP contribution in [0, 0.1) is 10.1 Å². The van der Waals surface area contributed by atoms with E-state index in [0.29, 0.717) is 28.4 Å². The van der Waals surface area contributed by atoms with E-state index < -0.39 is 50.2 Å². The van der Waals surface area contributed by atoms with Gasteiger partial charge in [-0.2, -0.15) is 0 Å². The molecule has 13 heteroatoms. The first-order valence-electron chi connectivity index (χ1n) is 7.34. The zero-order valence-electron chi connectivity index (χ0n) is 13.2. The summed E-state index contributed by atoms with van der Waals surface area (Å²) in [5, 5.41) is 11.7. The van der Waals surface area contributed by atoms with Gasteiger partial charge >= 0.3 is 0 Å². The van der Waals surface area contributed by atoms with Crippen LogP contribution < -0.4 is 10.6 Å². The quantitative estimate of drug-likeness (QED) is 0.533. The number of anilines is 1. The van der Waals surface area contributed by atoms with Crippen LogP contribution in [0.25, 0.3) is 0 Å². The minimum atomic E-state index is -1.08. The number of thioether (sulfide) groups is 2. The second kappa shape index (κ2) is 7.36. The van der Waals surface area contributed by atoms with Gasteiger partial charge in [-0.3, -0.25) is 44.3 Å². The number of carbonyl (C=O) groups is 5. The number of amides is 5. The summed E-state index contributed by atoms with van der Waals surface area (Å²) in [6, 6.07) is 5.01. The van der Waals surface area contributed by atoms with E-state index in [9.17, 15) is 34.1 Å². The maximum atomic E-state index is 12.4. The van der Waals surface area contributed by atoms with Crippen LogP contribution in [0.5, 0.6) is 0 Å². The molecule has 11 nitrogen and oxygen atoms in total.